The van der Waals surface area contributed by atoms with Crippen molar-refractivity contribution in [3.63, 3.8) is 0 Å². The molecule has 2 rings (SSSR count). The number of aryl methyl sites for hydroxylation is 1. The maximum Gasteiger partial charge on any atom is 0.253 e. The van der Waals surface area contributed by atoms with Crippen LogP contribution in [0.5, 0.6) is 0 Å². The Hall–Kier alpha value is -1.35. The lowest BCUT2D eigenvalue weighted by Gasteiger charge is -2.29. The van der Waals surface area contributed by atoms with Gasteiger partial charge in [-0.2, -0.15) is 0 Å². The molecule has 0 unspecified atom stereocenters. The highest BCUT2D eigenvalue weighted by Gasteiger charge is 2.22. The van der Waals surface area contributed by atoms with Gasteiger partial charge < -0.3 is 10.0 Å². The monoisotopic (exact) mass is 317 g/mol. The molecule has 0 saturated carbocycles. The maximum absolute atomic E-state index is 12.4. The van der Waals surface area contributed by atoms with Crippen molar-refractivity contribution in [2.75, 3.05) is 13.1 Å². The second kappa shape index (κ2) is 9.71. The van der Waals surface area contributed by atoms with Gasteiger partial charge in [0.25, 0.3) is 5.91 Å². The van der Waals surface area contributed by atoms with Crippen molar-refractivity contribution in [1.82, 2.24) is 4.90 Å². The fourth-order valence-electron chi connectivity index (χ4n) is 3.17. The molecule has 0 aliphatic carbocycles. The molecule has 1 saturated heterocycles. The first-order valence-corrected chi connectivity index (χ1v) is 9.27. The summed E-state index contributed by atoms with van der Waals surface area (Å²) in [5.41, 5.74) is 2.10. The molecule has 0 bridgehead atoms. The minimum atomic E-state index is -0.237. The number of rotatable bonds is 8. The van der Waals surface area contributed by atoms with Gasteiger partial charge in [0.05, 0.1) is 6.10 Å². The molecule has 1 aliphatic heterocycles. The fraction of sp³-hybridized carbons (Fsp3) is 0.650. The van der Waals surface area contributed by atoms with E-state index in [1.807, 2.05) is 17.0 Å². The lowest BCUT2D eigenvalue weighted by molar-refractivity contribution is 0.0546. The van der Waals surface area contributed by atoms with E-state index < -0.39 is 0 Å². The summed E-state index contributed by atoms with van der Waals surface area (Å²) >= 11 is 0. The topological polar surface area (TPSA) is 40.5 Å². The largest absolute Gasteiger partial charge is 0.393 e. The van der Waals surface area contributed by atoms with Crippen LogP contribution in [0, 0.1) is 0 Å². The summed E-state index contributed by atoms with van der Waals surface area (Å²) in [6.45, 7) is 3.58. The second-order valence-electron chi connectivity index (χ2n) is 6.74. The molecule has 1 aliphatic rings. The van der Waals surface area contributed by atoms with Crippen LogP contribution in [-0.2, 0) is 6.42 Å². The Morgan fingerprint density at radius 3 is 2.30 bits per heavy atom. The van der Waals surface area contributed by atoms with Crippen LogP contribution in [-0.4, -0.2) is 35.1 Å². The number of likely N-dealkylation sites (tertiary alicyclic amines) is 1. The standard InChI is InChI=1S/C20H31NO2/c1-2-3-4-5-6-7-8-17-9-11-18(12-10-17)20(23)21-15-13-19(22)14-16-21/h9-12,19,22H,2-8,13-16H2,1H3. The summed E-state index contributed by atoms with van der Waals surface area (Å²) < 4.78 is 0. The van der Waals surface area contributed by atoms with E-state index in [1.165, 1.54) is 44.1 Å². The third-order valence-corrected chi connectivity index (χ3v) is 4.77. The highest BCUT2D eigenvalue weighted by molar-refractivity contribution is 5.94. The van der Waals surface area contributed by atoms with Crippen molar-refractivity contribution in [3.05, 3.63) is 35.4 Å². The van der Waals surface area contributed by atoms with Crippen LogP contribution >= 0.6 is 0 Å². The summed E-state index contributed by atoms with van der Waals surface area (Å²) in [5.74, 6) is 0.100. The van der Waals surface area contributed by atoms with Crippen molar-refractivity contribution in [3.8, 4) is 0 Å². The molecule has 0 radical (unpaired) electrons. The first-order valence-electron chi connectivity index (χ1n) is 9.27. The van der Waals surface area contributed by atoms with Gasteiger partial charge in [-0.3, -0.25) is 4.79 Å². The first kappa shape index (κ1) is 18.0. The number of unbranched alkanes of at least 4 members (excludes halogenated alkanes) is 5. The Labute approximate surface area is 140 Å². The van der Waals surface area contributed by atoms with Crippen LogP contribution in [0.3, 0.4) is 0 Å². The average Bonchev–Trinajstić information content (AvgIpc) is 2.58. The molecular weight excluding hydrogens is 286 g/mol. The van der Waals surface area contributed by atoms with E-state index in [4.69, 9.17) is 0 Å². The Kier molecular flexibility index (Phi) is 7.60. The molecule has 0 spiro atoms. The number of aliphatic hydroxyl groups excluding tert-OH is 1. The smallest absolute Gasteiger partial charge is 0.253 e. The number of carbonyl (C=O) groups is 1. The van der Waals surface area contributed by atoms with Crippen LogP contribution in [0.15, 0.2) is 24.3 Å². The lowest BCUT2D eigenvalue weighted by Crippen LogP contribution is -2.40. The number of piperidine rings is 1. The Morgan fingerprint density at radius 2 is 1.65 bits per heavy atom. The van der Waals surface area contributed by atoms with Crippen molar-refractivity contribution in [1.29, 1.82) is 0 Å². The minimum absolute atomic E-state index is 0.100. The summed E-state index contributed by atoms with van der Waals surface area (Å²) in [5, 5.41) is 9.53. The molecule has 1 amide bonds. The minimum Gasteiger partial charge on any atom is -0.393 e. The number of carbonyl (C=O) groups excluding carboxylic acids is 1. The Bertz CT molecular complexity index is 461. The van der Waals surface area contributed by atoms with Crippen LogP contribution in [0.4, 0.5) is 0 Å². The zero-order valence-electron chi connectivity index (χ0n) is 14.5. The molecule has 1 aromatic carbocycles. The number of benzene rings is 1. The Morgan fingerprint density at radius 1 is 1.04 bits per heavy atom. The number of hydrogen-bond donors (Lipinski definition) is 1. The summed E-state index contributed by atoms with van der Waals surface area (Å²) in [6.07, 6.45) is 10.1. The zero-order chi connectivity index (χ0) is 16.5. The van der Waals surface area contributed by atoms with E-state index in [0.717, 1.165) is 12.0 Å². The predicted octanol–water partition coefficient (Wildman–Crippen LogP) is 4.19. The lowest BCUT2D eigenvalue weighted by atomic mass is 10.0. The third kappa shape index (κ3) is 5.98. The number of aliphatic hydroxyl groups is 1. The van der Waals surface area contributed by atoms with Gasteiger partial charge >= 0.3 is 0 Å². The van der Waals surface area contributed by atoms with E-state index in [-0.39, 0.29) is 12.0 Å². The van der Waals surface area contributed by atoms with Gasteiger partial charge in [-0.25, -0.2) is 0 Å². The van der Waals surface area contributed by atoms with Crippen molar-refractivity contribution < 1.29 is 9.90 Å². The number of amides is 1. The highest BCUT2D eigenvalue weighted by Crippen LogP contribution is 2.15. The average molecular weight is 317 g/mol. The summed E-state index contributed by atoms with van der Waals surface area (Å²) in [7, 11) is 0. The van der Waals surface area contributed by atoms with E-state index >= 15 is 0 Å². The molecule has 1 aromatic rings. The van der Waals surface area contributed by atoms with Gasteiger partial charge in [-0.1, -0.05) is 51.2 Å². The Balaban J connectivity index is 1.74. The van der Waals surface area contributed by atoms with Gasteiger partial charge in [0.1, 0.15) is 0 Å². The molecule has 1 heterocycles. The van der Waals surface area contributed by atoms with Crippen LogP contribution in [0.25, 0.3) is 0 Å². The van der Waals surface area contributed by atoms with E-state index in [2.05, 4.69) is 19.1 Å². The van der Waals surface area contributed by atoms with Gasteiger partial charge in [-0.05, 0) is 43.4 Å². The zero-order valence-corrected chi connectivity index (χ0v) is 14.5. The molecular formula is C20H31NO2. The molecule has 3 heteroatoms. The van der Waals surface area contributed by atoms with Crippen molar-refractivity contribution in [2.45, 2.75) is 70.8 Å². The van der Waals surface area contributed by atoms with Gasteiger partial charge in [0, 0.05) is 18.7 Å². The second-order valence-corrected chi connectivity index (χ2v) is 6.74. The van der Waals surface area contributed by atoms with Crippen molar-refractivity contribution >= 4 is 5.91 Å². The van der Waals surface area contributed by atoms with E-state index in [9.17, 15) is 9.90 Å². The molecule has 3 nitrogen and oxygen atoms in total. The third-order valence-electron chi connectivity index (χ3n) is 4.77. The van der Waals surface area contributed by atoms with Crippen LogP contribution in [0.2, 0.25) is 0 Å². The molecule has 1 fully saturated rings. The van der Waals surface area contributed by atoms with Crippen molar-refractivity contribution in [2.24, 2.45) is 0 Å². The van der Waals surface area contributed by atoms with Crippen LogP contribution < -0.4 is 0 Å². The summed E-state index contributed by atoms with van der Waals surface area (Å²) in [6, 6.07) is 8.11. The number of hydrogen-bond acceptors (Lipinski definition) is 2. The fourth-order valence-corrected chi connectivity index (χ4v) is 3.17. The molecule has 1 N–H and O–H groups in total. The molecule has 0 atom stereocenters. The van der Waals surface area contributed by atoms with Gasteiger partial charge in [0.2, 0.25) is 0 Å². The predicted molar refractivity (Wildman–Crippen MR) is 94.7 cm³/mol. The molecule has 23 heavy (non-hydrogen) atoms. The molecule has 128 valence electrons. The summed E-state index contributed by atoms with van der Waals surface area (Å²) in [4.78, 5) is 14.3. The SMILES string of the molecule is CCCCCCCCc1ccc(C(=O)N2CCC(O)CC2)cc1. The maximum atomic E-state index is 12.4. The van der Waals surface area contributed by atoms with E-state index in [1.54, 1.807) is 0 Å². The highest BCUT2D eigenvalue weighted by atomic mass is 16.3. The van der Waals surface area contributed by atoms with Gasteiger partial charge in [-0.15, -0.1) is 0 Å². The molecule has 0 aromatic heterocycles. The normalized spacial score (nSPS) is 15.8. The van der Waals surface area contributed by atoms with Crippen LogP contribution in [0.1, 0.15) is 74.2 Å². The van der Waals surface area contributed by atoms with Gasteiger partial charge in [0.15, 0.2) is 0 Å². The quantitative estimate of drug-likeness (QED) is 0.730. The first-order chi connectivity index (χ1) is 11.2. The van der Waals surface area contributed by atoms with E-state index in [0.29, 0.717) is 25.9 Å². The number of nitrogens with zero attached hydrogens (tertiary/aromatic N) is 1.